The van der Waals surface area contributed by atoms with Crippen molar-refractivity contribution in [1.82, 2.24) is 19.3 Å². The molecule has 3 aliphatic heterocycles. The van der Waals surface area contributed by atoms with E-state index in [0.29, 0.717) is 18.0 Å². The average molecular weight is 411 g/mol. The highest BCUT2D eigenvalue weighted by atomic mass is 35.5. The Labute approximate surface area is 177 Å². The average Bonchev–Trinajstić information content (AvgIpc) is 2.93. The topological polar surface area (TPSA) is 37.2 Å². The summed E-state index contributed by atoms with van der Waals surface area (Å²) in [5.74, 6) is 1.28. The number of imidazole rings is 1. The number of nitrogens with one attached hydrogen (secondary N) is 1. The van der Waals surface area contributed by atoms with Crippen LogP contribution in [0.4, 0.5) is 0 Å². The Morgan fingerprint density at radius 2 is 2.03 bits per heavy atom. The van der Waals surface area contributed by atoms with E-state index in [0.717, 1.165) is 36.7 Å². The number of hydrogen-bond acceptors (Lipinski definition) is 3. The van der Waals surface area contributed by atoms with Crippen LogP contribution in [0.2, 0.25) is 0 Å². The Hall–Kier alpha value is -1.95. The van der Waals surface area contributed by atoms with Gasteiger partial charge in [0.05, 0.1) is 12.7 Å². The molecule has 6 rings (SSSR count). The van der Waals surface area contributed by atoms with Gasteiger partial charge < -0.3 is 5.32 Å². The van der Waals surface area contributed by atoms with Gasteiger partial charge in [-0.25, -0.2) is 0 Å². The van der Waals surface area contributed by atoms with E-state index in [1.54, 1.807) is 10.3 Å². The van der Waals surface area contributed by atoms with Crippen molar-refractivity contribution in [2.45, 2.75) is 57.7 Å². The fraction of sp³-hybridized carbons (Fsp3) is 0.478. The predicted molar refractivity (Wildman–Crippen MR) is 116 cm³/mol. The quantitative estimate of drug-likeness (QED) is 0.666. The number of aromatic nitrogens is 3. The summed E-state index contributed by atoms with van der Waals surface area (Å²) in [5.41, 5.74) is 4.75. The summed E-state index contributed by atoms with van der Waals surface area (Å²) in [5, 5.41) is 3.70. The molecule has 152 valence electrons. The van der Waals surface area contributed by atoms with Gasteiger partial charge in [0.25, 0.3) is 0 Å². The first kappa shape index (κ1) is 19.0. The molecular formula is C23H29ClN5+. The van der Waals surface area contributed by atoms with Crippen molar-refractivity contribution in [3.8, 4) is 11.3 Å². The number of hydrogen-bond donors (Lipinski definition) is 1. The minimum Gasteiger partial charge on any atom is -0.313 e. The van der Waals surface area contributed by atoms with Crippen LogP contribution in [0.5, 0.6) is 0 Å². The first-order valence-corrected chi connectivity index (χ1v) is 11.1. The Morgan fingerprint density at radius 3 is 2.83 bits per heavy atom. The van der Waals surface area contributed by atoms with E-state index in [-0.39, 0.29) is 0 Å². The van der Waals surface area contributed by atoms with Gasteiger partial charge in [-0.3, -0.25) is 4.90 Å². The smallest absolute Gasteiger partial charge is 0.313 e. The van der Waals surface area contributed by atoms with Gasteiger partial charge in [-0.15, -0.1) is 4.09 Å². The zero-order valence-corrected chi connectivity index (χ0v) is 17.9. The molecule has 2 atom stereocenters. The molecular weight excluding hydrogens is 382 g/mol. The van der Waals surface area contributed by atoms with Gasteiger partial charge in [-0.2, -0.15) is 4.40 Å². The van der Waals surface area contributed by atoms with Crippen LogP contribution >= 0.6 is 11.8 Å². The summed E-state index contributed by atoms with van der Waals surface area (Å²) in [4.78, 5) is 7.20. The molecule has 3 aliphatic rings. The normalized spacial score (nSPS) is 22.5. The fourth-order valence-electron chi connectivity index (χ4n) is 4.94. The first-order valence-electron chi connectivity index (χ1n) is 10.8. The van der Waals surface area contributed by atoms with E-state index in [2.05, 4.69) is 63.9 Å². The van der Waals surface area contributed by atoms with E-state index in [1.165, 1.54) is 30.5 Å². The van der Waals surface area contributed by atoms with Crippen LogP contribution in [0.25, 0.3) is 17.0 Å². The highest BCUT2D eigenvalue weighted by Crippen LogP contribution is 2.31. The highest BCUT2D eigenvalue weighted by Gasteiger charge is 2.34. The third kappa shape index (κ3) is 3.45. The van der Waals surface area contributed by atoms with Crippen LogP contribution in [-0.4, -0.2) is 39.1 Å². The largest absolute Gasteiger partial charge is 0.420 e. The Kier molecular flexibility index (Phi) is 5.06. The van der Waals surface area contributed by atoms with Gasteiger partial charge in [-0.05, 0) is 37.3 Å². The van der Waals surface area contributed by atoms with E-state index >= 15 is 0 Å². The van der Waals surface area contributed by atoms with Crippen molar-refractivity contribution >= 4 is 17.6 Å². The molecule has 1 aromatic carbocycles. The van der Waals surface area contributed by atoms with Crippen LogP contribution in [0.1, 0.15) is 50.3 Å². The summed E-state index contributed by atoms with van der Waals surface area (Å²) >= 11 is 6.83. The number of nitrogens with zero attached hydrogens (tertiary/aromatic N) is 4. The van der Waals surface area contributed by atoms with Crippen molar-refractivity contribution in [3.63, 3.8) is 0 Å². The number of piperidine rings is 1. The van der Waals surface area contributed by atoms with Crippen molar-refractivity contribution in [3.05, 3.63) is 54.0 Å². The maximum Gasteiger partial charge on any atom is 0.420 e. The van der Waals surface area contributed by atoms with Gasteiger partial charge in [0.1, 0.15) is 23.7 Å². The Balaban J connectivity index is 1.59. The van der Waals surface area contributed by atoms with Gasteiger partial charge in [0.2, 0.25) is 0 Å². The molecule has 0 spiro atoms. The Morgan fingerprint density at radius 1 is 1.21 bits per heavy atom. The molecule has 5 heterocycles. The molecule has 6 heteroatoms. The van der Waals surface area contributed by atoms with Crippen LogP contribution < -0.4 is 9.72 Å². The molecule has 3 fully saturated rings. The van der Waals surface area contributed by atoms with Crippen molar-refractivity contribution < 1.29 is 4.40 Å². The molecule has 3 aromatic rings. The second-order valence-electron chi connectivity index (χ2n) is 8.74. The minimum absolute atomic E-state index is 0.515. The Bertz CT molecular complexity index is 1010. The standard InChI is InChI=1S/C23H29ClN5/c1-16(2)17-4-6-18(7-5-17)22-21(28-13-3-11-26-23(28)29(22)24)15-27-14-19-8-9-20(27)10-12-25-19/h3-7,11,13,16,19-20,25H,8-10,12,14-15H2,1-2H3/q+1. The van der Waals surface area contributed by atoms with Gasteiger partial charge in [0, 0.05) is 30.3 Å². The predicted octanol–water partition coefficient (Wildman–Crippen LogP) is 3.74. The molecule has 0 saturated carbocycles. The molecule has 0 aliphatic carbocycles. The first-order chi connectivity index (χ1) is 14.1. The van der Waals surface area contributed by atoms with Gasteiger partial charge >= 0.3 is 5.78 Å². The van der Waals surface area contributed by atoms with E-state index in [4.69, 9.17) is 11.8 Å². The summed E-state index contributed by atoms with van der Waals surface area (Å²) in [6.45, 7) is 7.56. The van der Waals surface area contributed by atoms with Crippen molar-refractivity contribution in [2.75, 3.05) is 13.1 Å². The van der Waals surface area contributed by atoms with E-state index in [9.17, 15) is 0 Å². The van der Waals surface area contributed by atoms with Crippen LogP contribution in [0.3, 0.4) is 0 Å². The summed E-state index contributed by atoms with van der Waals surface area (Å²) in [6, 6.07) is 12.1. The molecule has 2 bridgehead atoms. The monoisotopic (exact) mass is 410 g/mol. The maximum atomic E-state index is 6.83. The molecule has 2 unspecified atom stereocenters. The molecule has 0 amide bonds. The maximum absolute atomic E-state index is 6.83. The van der Waals surface area contributed by atoms with Crippen LogP contribution in [0.15, 0.2) is 42.7 Å². The van der Waals surface area contributed by atoms with Crippen molar-refractivity contribution in [1.29, 1.82) is 0 Å². The van der Waals surface area contributed by atoms with Gasteiger partial charge in [-0.1, -0.05) is 43.1 Å². The minimum atomic E-state index is 0.515. The lowest BCUT2D eigenvalue weighted by Crippen LogP contribution is -2.46. The number of halogens is 1. The zero-order valence-electron chi connectivity index (χ0n) is 17.2. The van der Waals surface area contributed by atoms with Crippen molar-refractivity contribution in [2.24, 2.45) is 0 Å². The van der Waals surface area contributed by atoms with E-state index in [1.807, 2.05) is 6.07 Å². The van der Waals surface area contributed by atoms with Crippen LogP contribution in [-0.2, 0) is 6.54 Å². The summed E-state index contributed by atoms with van der Waals surface area (Å²) < 4.78 is 3.89. The second kappa shape index (κ2) is 7.71. The second-order valence-corrected chi connectivity index (χ2v) is 9.08. The third-order valence-corrected chi connectivity index (χ3v) is 6.92. The molecule has 3 saturated heterocycles. The lowest BCUT2D eigenvalue weighted by molar-refractivity contribution is -0.524. The molecule has 2 aromatic heterocycles. The van der Waals surface area contributed by atoms with Gasteiger partial charge in [0.15, 0.2) is 5.69 Å². The molecule has 5 nitrogen and oxygen atoms in total. The third-order valence-electron chi connectivity index (χ3n) is 6.60. The summed E-state index contributed by atoms with van der Waals surface area (Å²) in [7, 11) is 0. The number of rotatable bonds is 4. The fourth-order valence-corrected chi connectivity index (χ4v) is 5.26. The lowest BCUT2D eigenvalue weighted by atomic mass is 9.97. The number of fused-ring (bicyclic) bond motifs is 5. The van der Waals surface area contributed by atoms with E-state index < -0.39 is 0 Å². The molecule has 29 heavy (non-hydrogen) atoms. The lowest BCUT2D eigenvalue weighted by Gasteiger charge is -2.35. The highest BCUT2D eigenvalue weighted by molar-refractivity contribution is 6.18. The SMILES string of the molecule is CC(C)c1ccc(-c2c(CN3CC4CCC3CCN4)[n+]3cccnc3n2Cl)cc1. The zero-order chi connectivity index (χ0) is 20.0. The van der Waals surface area contributed by atoms with Crippen LogP contribution in [0, 0.1) is 0 Å². The molecule has 1 N–H and O–H groups in total. The summed E-state index contributed by atoms with van der Waals surface area (Å²) in [6.07, 6.45) is 7.67. The number of benzene rings is 1. The molecule has 0 radical (unpaired) electrons.